The number of rotatable bonds is 2. The highest BCUT2D eigenvalue weighted by atomic mass is 16.3. The fourth-order valence-electron chi connectivity index (χ4n) is 4.10. The Morgan fingerprint density at radius 2 is 1.66 bits per heavy atom. The fraction of sp³-hybridized carbons (Fsp3) is 0.333. The summed E-state index contributed by atoms with van der Waals surface area (Å²) < 4.78 is 0. The average molecular weight is 390 g/mol. The second-order valence-corrected chi connectivity index (χ2v) is 8.92. The molecule has 2 N–H and O–H groups in total. The van der Waals surface area contributed by atoms with E-state index in [0.29, 0.717) is 11.4 Å². The molecule has 0 atom stereocenters. The molecule has 2 heterocycles. The van der Waals surface area contributed by atoms with E-state index in [9.17, 15) is 14.7 Å². The van der Waals surface area contributed by atoms with Crippen LogP contribution in [0, 0.1) is 13.8 Å². The zero-order valence-corrected chi connectivity index (χ0v) is 17.5. The van der Waals surface area contributed by atoms with Gasteiger partial charge >= 0.3 is 0 Å². The van der Waals surface area contributed by atoms with Crippen molar-refractivity contribution in [1.82, 2.24) is 4.98 Å². The van der Waals surface area contributed by atoms with E-state index < -0.39 is 0 Å². The number of carbonyl (C=O) groups is 2. The molecular weight excluding hydrogens is 364 g/mol. The molecule has 1 saturated heterocycles. The summed E-state index contributed by atoms with van der Waals surface area (Å²) in [5.74, 6) is 0.0434. The van der Waals surface area contributed by atoms with Gasteiger partial charge in [-0.15, -0.1) is 0 Å². The second-order valence-electron chi connectivity index (χ2n) is 8.92. The van der Waals surface area contributed by atoms with Crippen molar-refractivity contribution in [1.29, 1.82) is 0 Å². The van der Waals surface area contributed by atoms with Crippen LogP contribution in [0.4, 0.5) is 5.69 Å². The molecule has 0 saturated carbocycles. The minimum Gasteiger partial charge on any atom is -0.507 e. The largest absolute Gasteiger partial charge is 0.507 e. The molecule has 1 aliphatic heterocycles. The lowest BCUT2D eigenvalue weighted by Crippen LogP contribution is -2.28. The van der Waals surface area contributed by atoms with E-state index in [2.05, 4.69) is 25.8 Å². The number of aryl methyl sites for hydroxylation is 2. The molecule has 5 heteroatoms. The molecule has 5 nitrogen and oxygen atoms in total. The van der Waals surface area contributed by atoms with Gasteiger partial charge in [0.05, 0.1) is 5.69 Å². The monoisotopic (exact) mass is 390 g/mol. The maximum atomic E-state index is 12.1. The molecular formula is C24H26N2O3. The summed E-state index contributed by atoms with van der Waals surface area (Å²) in [5.41, 5.74) is 6.15. The van der Waals surface area contributed by atoms with Gasteiger partial charge in [-0.25, -0.2) is 0 Å². The van der Waals surface area contributed by atoms with E-state index in [0.717, 1.165) is 38.9 Å². The van der Waals surface area contributed by atoms with E-state index in [1.165, 1.54) is 4.90 Å². The van der Waals surface area contributed by atoms with Crippen molar-refractivity contribution in [2.45, 2.75) is 52.9 Å². The number of aromatic amines is 1. The Bertz CT molecular complexity index is 1150. The normalized spacial score (nSPS) is 15.0. The highest BCUT2D eigenvalue weighted by Gasteiger charge is 2.30. The van der Waals surface area contributed by atoms with Gasteiger partial charge in [-0.2, -0.15) is 0 Å². The van der Waals surface area contributed by atoms with Gasteiger partial charge in [0.15, 0.2) is 0 Å². The number of phenolic OH excluding ortho intramolecular Hbond substituents is 1. The van der Waals surface area contributed by atoms with Gasteiger partial charge in [0.2, 0.25) is 11.8 Å². The number of amides is 2. The zero-order chi connectivity index (χ0) is 21.1. The van der Waals surface area contributed by atoms with Gasteiger partial charge in [-0.1, -0.05) is 20.8 Å². The Labute approximate surface area is 170 Å². The van der Waals surface area contributed by atoms with Crippen molar-refractivity contribution < 1.29 is 14.7 Å². The number of phenols is 1. The Hall–Kier alpha value is -3.08. The van der Waals surface area contributed by atoms with Crippen LogP contribution in [0.2, 0.25) is 0 Å². The molecule has 0 radical (unpaired) electrons. The highest BCUT2D eigenvalue weighted by molar-refractivity contribution is 6.20. The number of aromatic hydroxyl groups is 1. The maximum absolute atomic E-state index is 12.1. The lowest BCUT2D eigenvalue weighted by Gasteiger charge is -2.22. The van der Waals surface area contributed by atoms with Gasteiger partial charge in [0, 0.05) is 35.0 Å². The summed E-state index contributed by atoms with van der Waals surface area (Å²) in [4.78, 5) is 29.0. The summed E-state index contributed by atoms with van der Waals surface area (Å²) in [6.45, 7) is 10.2. The van der Waals surface area contributed by atoms with Gasteiger partial charge in [-0.3, -0.25) is 14.5 Å². The van der Waals surface area contributed by atoms with Crippen molar-refractivity contribution in [3.63, 3.8) is 0 Å². The quantitative estimate of drug-likeness (QED) is 0.597. The number of anilines is 1. The van der Waals surface area contributed by atoms with Crippen LogP contribution in [-0.2, 0) is 15.0 Å². The van der Waals surface area contributed by atoms with Crippen LogP contribution >= 0.6 is 0 Å². The highest BCUT2D eigenvalue weighted by Crippen LogP contribution is 2.39. The smallest absolute Gasteiger partial charge is 0.234 e. The van der Waals surface area contributed by atoms with Crippen LogP contribution < -0.4 is 4.90 Å². The summed E-state index contributed by atoms with van der Waals surface area (Å²) in [6.07, 6.45) is 0.549. The lowest BCUT2D eigenvalue weighted by molar-refractivity contribution is -0.121. The maximum Gasteiger partial charge on any atom is 0.234 e. The summed E-state index contributed by atoms with van der Waals surface area (Å²) in [6, 6.07) is 9.65. The molecule has 1 fully saturated rings. The number of H-pyrrole nitrogens is 1. The Kier molecular flexibility index (Phi) is 4.30. The first-order valence-corrected chi connectivity index (χ1v) is 9.90. The van der Waals surface area contributed by atoms with Gasteiger partial charge < -0.3 is 10.1 Å². The molecule has 2 amide bonds. The van der Waals surface area contributed by atoms with Crippen LogP contribution in [0.3, 0.4) is 0 Å². The third kappa shape index (κ3) is 3.11. The number of aromatic nitrogens is 1. The van der Waals surface area contributed by atoms with E-state index in [1.54, 1.807) is 0 Å². The van der Waals surface area contributed by atoms with Crippen LogP contribution in [0.25, 0.3) is 22.2 Å². The number of nitrogens with one attached hydrogen (secondary N) is 1. The number of hydrogen-bond donors (Lipinski definition) is 2. The number of fused-ring (bicyclic) bond motifs is 1. The van der Waals surface area contributed by atoms with Gasteiger partial charge in [0.25, 0.3) is 0 Å². The van der Waals surface area contributed by atoms with Gasteiger partial charge in [-0.05, 0) is 66.3 Å². The third-order valence-corrected chi connectivity index (χ3v) is 5.75. The van der Waals surface area contributed by atoms with Crippen LogP contribution in [0.15, 0.2) is 30.3 Å². The number of carbonyl (C=O) groups excluding carboxylic acids is 2. The topological polar surface area (TPSA) is 73.4 Å². The zero-order valence-electron chi connectivity index (χ0n) is 17.5. The van der Waals surface area contributed by atoms with Gasteiger partial charge in [0.1, 0.15) is 5.75 Å². The summed E-state index contributed by atoms with van der Waals surface area (Å²) >= 11 is 0. The number of nitrogens with zero attached hydrogens (tertiary/aromatic N) is 1. The van der Waals surface area contributed by atoms with Crippen molar-refractivity contribution >= 4 is 28.4 Å². The Morgan fingerprint density at radius 3 is 2.28 bits per heavy atom. The fourth-order valence-corrected chi connectivity index (χ4v) is 4.10. The molecule has 0 spiro atoms. The Morgan fingerprint density at radius 1 is 1.00 bits per heavy atom. The molecule has 0 bridgehead atoms. The number of hydrogen-bond acceptors (Lipinski definition) is 3. The molecule has 0 unspecified atom stereocenters. The molecule has 2 aromatic carbocycles. The van der Waals surface area contributed by atoms with Crippen molar-refractivity contribution in [2.24, 2.45) is 0 Å². The van der Waals surface area contributed by atoms with Crippen molar-refractivity contribution in [2.75, 3.05) is 4.90 Å². The molecule has 150 valence electrons. The first kappa shape index (κ1) is 19.2. The minimum atomic E-state index is -0.186. The second kappa shape index (κ2) is 6.48. The molecule has 29 heavy (non-hydrogen) atoms. The first-order chi connectivity index (χ1) is 13.6. The average Bonchev–Trinajstić information content (AvgIpc) is 3.15. The van der Waals surface area contributed by atoms with E-state index >= 15 is 0 Å². The third-order valence-electron chi connectivity index (χ3n) is 5.75. The standard InChI is InChI=1S/C24H26N2O3/c1-13-10-15(11-18(23(13)29)24(3,4)5)22-14(2)17-12-16(6-7-19(17)25-22)26-20(27)8-9-21(26)28/h6-7,10-12,25,29H,8-9H2,1-5H3. The van der Waals surface area contributed by atoms with Crippen LogP contribution in [0.5, 0.6) is 5.75 Å². The lowest BCUT2D eigenvalue weighted by atomic mass is 9.83. The van der Waals surface area contributed by atoms with E-state index in [4.69, 9.17) is 0 Å². The summed E-state index contributed by atoms with van der Waals surface area (Å²) in [7, 11) is 0. The molecule has 1 aliphatic rings. The predicted molar refractivity (Wildman–Crippen MR) is 115 cm³/mol. The van der Waals surface area contributed by atoms with Crippen molar-refractivity contribution in [3.8, 4) is 17.0 Å². The minimum absolute atomic E-state index is 0.147. The first-order valence-electron chi connectivity index (χ1n) is 9.90. The number of benzene rings is 2. The van der Waals surface area contributed by atoms with E-state index in [-0.39, 0.29) is 30.1 Å². The molecule has 3 aromatic rings. The molecule has 4 rings (SSSR count). The summed E-state index contributed by atoms with van der Waals surface area (Å²) in [5, 5.41) is 11.5. The SMILES string of the molecule is Cc1cc(-c2[nH]c3ccc(N4C(=O)CCC4=O)cc3c2C)cc(C(C)(C)C)c1O. The molecule has 0 aliphatic carbocycles. The van der Waals surface area contributed by atoms with Crippen molar-refractivity contribution in [3.05, 3.63) is 47.0 Å². The van der Waals surface area contributed by atoms with E-state index in [1.807, 2.05) is 44.2 Å². The van der Waals surface area contributed by atoms with Crippen LogP contribution in [0.1, 0.15) is 50.3 Å². The molecule has 1 aromatic heterocycles. The predicted octanol–water partition coefficient (Wildman–Crippen LogP) is 5.11. The number of imide groups is 1. The van der Waals surface area contributed by atoms with Crippen LogP contribution in [-0.4, -0.2) is 21.9 Å². The Balaban J connectivity index is 1.86.